The van der Waals surface area contributed by atoms with Crippen molar-refractivity contribution in [3.05, 3.63) is 60.9 Å². The molecule has 0 radical (unpaired) electrons. The van der Waals surface area contributed by atoms with Gasteiger partial charge in [0, 0.05) is 28.8 Å². The Morgan fingerprint density at radius 3 is 2.22 bits per heavy atom. The first-order valence-corrected chi connectivity index (χ1v) is 13.8. The quantitative estimate of drug-likeness (QED) is 0.267. The van der Waals surface area contributed by atoms with Gasteiger partial charge in [-0.2, -0.15) is 0 Å². The van der Waals surface area contributed by atoms with Crippen LogP contribution in [0.1, 0.15) is 64.2 Å². The van der Waals surface area contributed by atoms with E-state index in [1.165, 1.54) is 25.7 Å². The van der Waals surface area contributed by atoms with Crippen LogP contribution in [0.25, 0.3) is 33.6 Å². The summed E-state index contributed by atoms with van der Waals surface area (Å²) in [5.74, 6) is 1.87. The van der Waals surface area contributed by atoms with Crippen LogP contribution in [-0.4, -0.2) is 21.9 Å². The fourth-order valence-electron chi connectivity index (χ4n) is 5.88. The molecule has 1 amide bonds. The van der Waals surface area contributed by atoms with Gasteiger partial charge in [0.1, 0.15) is 17.9 Å². The van der Waals surface area contributed by atoms with Gasteiger partial charge in [-0.15, -0.1) is 0 Å². The average Bonchev–Trinajstić information content (AvgIpc) is 3.54. The Morgan fingerprint density at radius 1 is 0.784 bits per heavy atom. The summed E-state index contributed by atoms with van der Waals surface area (Å²) in [4.78, 5) is 21.8. The molecule has 2 aromatic carbocycles. The molecule has 2 aliphatic carbocycles. The van der Waals surface area contributed by atoms with E-state index in [1.54, 1.807) is 6.33 Å². The minimum atomic E-state index is 0.128. The Hall–Kier alpha value is -3.67. The van der Waals surface area contributed by atoms with Gasteiger partial charge < -0.3 is 15.1 Å². The highest BCUT2D eigenvalue weighted by Crippen LogP contribution is 2.43. The second-order valence-electron chi connectivity index (χ2n) is 10.5. The summed E-state index contributed by atoms with van der Waals surface area (Å²) in [6.45, 7) is 0. The van der Waals surface area contributed by atoms with E-state index < -0.39 is 0 Å². The first-order chi connectivity index (χ1) is 18.3. The summed E-state index contributed by atoms with van der Waals surface area (Å²) in [6, 6.07) is 18.7. The van der Waals surface area contributed by atoms with Crippen LogP contribution < -0.4 is 10.6 Å². The monoisotopic (exact) mass is 494 g/mol. The fourth-order valence-corrected chi connectivity index (χ4v) is 5.88. The summed E-state index contributed by atoms with van der Waals surface area (Å²) in [6.07, 6.45) is 13.3. The van der Waals surface area contributed by atoms with Crippen LogP contribution in [0.3, 0.4) is 0 Å². The van der Waals surface area contributed by atoms with Crippen LogP contribution in [0.15, 0.2) is 65.3 Å². The van der Waals surface area contributed by atoms with E-state index in [-0.39, 0.29) is 11.8 Å². The number of hydrogen-bond acceptors (Lipinski definition) is 5. The van der Waals surface area contributed by atoms with Crippen molar-refractivity contribution in [3.8, 4) is 22.5 Å². The van der Waals surface area contributed by atoms with Crippen molar-refractivity contribution in [1.82, 2.24) is 9.97 Å². The van der Waals surface area contributed by atoms with Crippen molar-refractivity contribution < 1.29 is 9.21 Å². The largest absolute Gasteiger partial charge is 0.437 e. The third-order valence-corrected chi connectivity index (χ3v) is 7.89. The van der Waals surface area contributed by atoms with Gasteiger partial charge >= 0.3 is 0 Å². The number of anilines is 2. The van der Waals surface area contributed by atoms with Gasteiger partial charge in [-0.05, 0) is 55.5 Å². The van der Waals surface area contributed by atoms with Crippen LogP contribution in [0, 0.1) is 5.92 Å². The molecule has 0 atom stereocenters. The highest BCUT2D eigenvalue weighted by molar-refractivity contribution is 6.06. The Labute approximate surface area is 217 Å². The maximum Gasteiger partial charge on any atom is 0.232 e. The minimum absolute atomic E-state index is 0.128. The number of hydrogen-bond donors (Lipinski definition) is 2. The molecule has 4 aromatic rings. The zero-order chi connectivity index (χ0) is 25.0. The van der Waals surface area contributed by atoms with E-state index in [0.29, 0.717) is 11.8 Å². The lowest BCUT2D eigenvalue weighted by atomic mass is 9.99. The van der Waals surface area contributed by atoms with Crippen molar-refractivity contribution in [3.63, 3.8) is 0 Å². The van der Waals surface area contributed by atoms with Gasteiger partial charge in [0.2, 0.25) is 11.6 Å². The molecular weight excluding hydrogens is 460 g/mol. The number of fused-ring (bicyclic) bond motifs is 1. The summed E-state index contributed by atoms with van der Waals surface area (Å²) >= 11 is 0. The molecule has 190 valence electrons. The molecule has 2 aliphatic rings. The lowest BCUT2D eigenvalue weighted by molar-refractivity contribution is -0.119. The number of carbonyl (C=O) groups is 1. The molecule has 0 spiro atoms. The molecule has 6 nitrogen and oxygen atoms in total. The van der Waals surface area contributed by atoms with E-state index in [9.17, 15) is 4.79 Å². The smallest absolute Gasteiger partial charge is 0.232 e. The summed E-state index contributed by atoms with van der Waals surface area (Å²) < 4.78 is 6.42. The zero-order valence-electron chi connectivity index (χ0n) is 21.2. The molecule has 2 fully saturated rings. The van der Waals surface area contributed by atoms with Crippen molar-refractivity contribution in [2.75, 3.05) is 10.6 Å². The topological polar surface area (TPSA) is 80.1 Å². The molecule has 0 aliphatic heterocycles. The highest BCUT2D eigenvalue weighted by Gasteiger charge is 2.25. The molecule has 0 unspecified atom stereocenters. The van der Waals surface area contributed by atoms with Gasteiger partial charge in [-0.25, -0.2) is 9.97 Å². The van der Waals surface area contributed by atoms with Gasteiger partial charge in [0.05, 0.1) is 5.39 Å². The summed E-state index contributed by atoms with van der Waals surface area (Å²) in [5, 5.41) is 7.75. The molecule has 0 bridgehead atoms. The van der Waals surface area contributed by atoms with Crippen molar-refractivity contribution in [2.45, 2.75) is 70.3 Å². The van der Waals surface area contributed by atoms with Crippen LogP contribution in [0.4, 0.5) is 11.5 Å². The van der Waals surface area contributed by atoms with E-state index in [1.807, 2.05) is 42.5 Å². The molecule has 0 saturated heterocycles. The van der Waals surface area contributed by atoms with Crippen LogP contribution in [0.2, 0.25) is 0 Å². The van der Waals surface area contributed by atoms with E-state index >= 15 is 0 Å². The number of aromatic nitrogens is 2. The number of amides is 1. The minimum Gasteiger partial charge on any atom is -0.437 e. The second kappa shape index (κ2) is 10.8. The number of rotatable bonds is 6. The standard InChI is InChI=1S/C31H34N4O2/c36-30(23-12-8-9-13-23)35-25-18-16-22(17-19-25)28-26(21-10-4-3-5-11-21)27-29(32-20-33-31(27)37-28)34-24-14-6-1-2-7-15-24/h3-5,10-11,16-20,23-24H,1-2,6-9,12-15H2,(H,35,36)(H,32,33,34). The number of furan rings is 1. The molecule has 37 heavy (non-hydrogen) atoms. The number of nitrogens with zero attached hydrogens (tertiary/aromatic N) is 2. The molecule has 6 rings (SSSR count). The zero-order valence-corrected chi connectivity index (χ0v) is 21.2. The predicted molar refractivity (Wildman–Crippen MR) is 148 cm³/mol. The summed E-state index contributed by atoms with van der Waals surface area (Å²) in [7, 11) is 0. The first kappa shape index (κ1) is 23.7. The molecule has 2 heterocycles. The molecule has 2 saturated carbocycles. The van der Waals surface area contributed by atoms with E-state index in [0.717, 1.165) is 77.9 Å². The van der Waals surface area contributed by atoms with Gasteiger partial charge in [0.25, 0.3) is 0 Å². The first-order valence-electron chi connectivity index (χ1n) is 13.8. The normalized spacial score (nSPS) is 17.1. The van der Waals surface area contributed by atoms with Gasteiger partial charge in [-0.1, -0.05) is 68.9 Å². The van der Waals surface area contributed by atoms with Gasteiger partial charge in [-0.3, -0.25) is 4.79 Å². The molecule has 6 heteroatoms. The lowest BCUT2D eigenvalue weighted by Crippen LogP contribution is -2.20. The average molecular weight is 495 g/mol. The number of nitrogens with one attached hydrogen (secondary N) is 2. The van der Waals surface area contributed by atoms with E-state index in [4.69, 9.17) is 4.42 Å². The molecule has 2 aromatic heterocycles. The third-order valence-electron chi connectivity index (χ3n) is 7.89. The van der Waals surface area contributed by atoms with Crippen molar-refractivity contribution in [1.29, 1.82) is 0 Å². The fraction of sp³-hybridized carbons (Fsp3) is 0.387. The maximum absolute atomic E-state index is 12.6. The maximum atomic E-state index is 12.6. The number of carbonyl (C=O) groups excluding carboxylic acids is 1. The number of benzene rings is 2. The Morgan fingerprint density at radius 2 is 1.49 bits per heavy atom. The summed E-state index contributed by atoms with van der Waals surface area (Å²) in [5.41, 5.74) is 4.40. The Bertz CT molecular complexity index is 1350. The highest BCUT2D eigenvalue weighted by atomic mass is 16.3. The Balaban J connectivity index is 1.37. The molecular formula is C31H34N4O2. The Kier molecular flexibility index (Phi) is 6.89. The molecule has 2 N–H and O–H groups in total. The van der Waals surface area contributed by atoms with Gasteiger partial charge in [0.15, 0.2) is 0 Å². The van der Waals surface area contributed by atoms with Crippen LogP contribution in [-0.2, 0) is 4.79 Å². The third kappa shape index (κ3) is 5.10. The van der Waals surface area contributed by atoms with Crippen molar-refractivity contribution in [2.24, 2.45) is 5.92 Å². The van der Waals surface area contributed by atoms with E-state index in [2.05, 4.69) is 32.7 Å². The second-order valence-corrected chi connectivity index (χ2v) is 10.5. The predicted octanol–water partition coefficient (Wildman–Crippen LogP) is 7.82. The van der Waals surface area contributed by atoms with Crippen LogP contribution >= 0.6 is 0 Å². The van der Waals surface area contributed by atoms with Crippen molar-refractivity contribution >= 4 is 28.5 Å². The van der Waals surface area contributed by atoms with Crippen LogP contribution in [0.5, 0.6) is 0 Å². The SMILES string of the molecule is O=C(Nc1ccc(-c2oc3ncnc(NC4CCCCCC4)c3c2-c2ccccc2)cc1)C1CCCC1. The lowest BCUT2D eigenvalue weighted by Gasteiger charge is -2.17.